The van der Waals surface area contributed by atoms with E-state index in [4.69, 9.17) is 4.42 Å². The van der Waals surface area contributed by atoms with Crippen LogP contribution >= 0.6 is 0 Å². The molecule has 0 unspecified atom stereocenters. The average Bonchev–Trinajstić information content (AvgIpc) is 2.39. The van der Waals surface area contributed by atoms with Gasteiger partial charge in [0.15, 0.2) is 0 Å². The van der Waals surface area contributed by atoms with Crippen molar-refractivity contribution in [3.8, 4) is 0 Å². The molecule has 0 amide bonds. The van der Waals surface area contributed by atoms with Crippen molar-refractivity contribution < 1.29 is 9.21 Å². The standard InChI is InChI=1S/C15H10O3/c16-8-7-10-5-6-12-11-3-1-2-4-13(11)15(17)18-14(12)9-10/h1-6,8-9H,7H2. The van der Waals surface area contributed by atoms with E-state index in [1.165, 1.54) is 0 Å². The van der Waals surface area contributed by atoms with Crippen LogP contribution in [0.2, 0.25) is 0 Å². The molecular weight excluding hydrogens is 228 g/mol. The number of hydrogen-bond acceptors (Lipinski definition) is 3. The Morgan fingerprint density at radius 3 is 2.56 bits per heavy atom. The quantitative estimate of drug-likeness (QED) is 0.392. The summed E-state index contributed by atoms with van der Waals surface area (Å²) in [5.74, 6) is 0. The van der Waals surface area contributed by atoms with Crippen molar-refractivity contribution in [2.75, 3.05) is 0 Å². The van der Waals surface area contributed by atoms with Gasteiger partial charge in [-0.3, -0.25) is 0 Å². The van der Waals surface area contributed by atoms with Gasteiger partial charge >= 0.3 is 5.63 Å². The SMILES string of the molecule is O=CCc1ccc2c(c1)oc(=O)c1ccccc12. The largest absolute Gasteiger partial charge is 0.422 e. The zero-order chi connectivity index (χ0) is 12.5. The lowest BCUT2D eigenvalue weighted by Crippen LogP contribution is -1.99. The van der Waals surface area contributed by atoms with E-state index >= 15 is 0 Å². The van der Waals surface area contributed by atoms with Gasteiger partial charge in [0.1, 0.15) is 11.9 Å². The minimum atomic E-state index is -0.346. The fourth-order valence-electron chi connectivity index (χ4n) is 2.15. The third-order valence-corrected chi connectivity index (χ3v) is 3.00. The van der Waals surface area contributed by atoms with Crippen molar-refractivity contribution in [3.63, 3.8) is 0 Å². The minimum absolute atomic E-state index is 0.326. The Kier molecular flexibility index (Phi) is 2.45. The Bertz CT molecular complexity index is 800. The lowest BCUT2D eigenvalue weighted by Gasteiger charge is -2.03. The van der Waals surface area contributed by atoms with Crippen LogP contribution in [0.5, 0.6) is 0 Å². The first kappa shape index (κ1) is 10.7. The van der Waals surface area contributed by atoms with Gasteiger partial charge in [-0.25, -0.2) is 4.79 Å². The molecule has 0 saturated heterocycles. The molecule has 18 heavy (non-hydrogen) atoms. The first-order chi connectivity index (χ1) is 8.79. The lowest BCUT2D eigenvalue weighted by atomic mass is 10.1. The summed E-state index contributed by atoms with van der Waals surface area (Å²) in [4.78, 5) is 22.3. The number of rotatable bonds is 2. The second-order valence-corrected chi connectivity index (χ2v) is 4.14. The van der Waals surface area contributed by atoms with Crippen molar-refractivity contribution >= 4 is 28.0 Å². The number of fused-ring (bicyclic) bond motifs is 3. The highest BCUT2D eigenvalue weighted by molar-refractivity contribution is 6.04. The molecule has 1 aromatic heterocycles. The van der Waals surface area contributed by atoms with Crippen LogP contribution in [0.25, 0.3) is 21.7 Å². The molecule has 1 heterocycles. The topological polar surface area (TPSA) is 47.3 Å². The van der Waals surface area contributed by atoms with E-state index in [1.54, 1.807) is 12.1 Å². The molecule has 88 valence electrons. The van der Waals surface area contributed by atoms with Gasteiger partial charge in [-0.15, -0.1) is 0 Å². The summed E-state index contributed by atoms with van der Waals surface area (Å²) in [7, 11) is 0. The summed E-state index contributed by atoms with van der Waals surface area (Å²) in [5.41, 5.74) is 1.02. The zero-order valence-electron chi connectivity index (χ0n) is 9.55. The summed E-state index contributed by atoms with van der Waals surface area (Å²) in [5, 5.41) is 2.34. The average molecular weight is 238 g/mol. The van der Waals surface area contributed by atoms with E-state index in [1.807, 2.05) is 30.3 Å². The number of carbonyl (C=O) groups excluding carboxylic acids is 1. The molecule has 3 heteroatoms. The summed E-state index contributed by atoms with van der Waals surface area (Å²) in [6, 6.07) is 12.9. The van der Waals surface area contributed by atoms with Crippen molar-refractivity contribution in [2.24, 2.45) is 0 Å². The smallest absolute Gasteiger partial charge is 0.344 e. The lowest BCUT2D eigenvalue weighted by molar-refractivity contribution is -0.107. The van der Waals surface area contributed by atoms with E-state index < -0.39 is 0 Å². The van der Waals surface area contributed by atoms with Gasteiger partial charge in [0, 0.05) is 11.8 Å². The molecule has 3 rings (SSSR count). The zero-order valence-corrected chi connectivity index (χ0v) is 9.55. The molecule has 0 bridgehead atoms. The van der Waals surface area contributed by atoms with Crippen LogP contribution in [0, 0.1) is 0 Å². The van der Waals surface area contributed by atoms with Gasteiger partial charge in [-0.1, -0.05) is 30.3 Å². The predicted molar refractivity (Wildman–Crippen MR) is 69.8 cm³/mol. The molecule has 0 N–H and O–H groups in total. The fraction of sp³-hybridized carbons (Fsp3) is 0.0667. The molecule has 0 atom stereocenters. The normalized spacial score (nSPS) is 10.9. The molecule has 0 aliphatic heterocycles. The molecular formula is C15H10O3. The van der Waals surface area contributed by atoms with E-state index in [0.29, 0.717) is 17.4 Å². The molecule has 3 nitrogen and oxygen atoms in total. The number of benzene rings is 2. The highest BCUT2D eigenvalue weighted by atomic mass is 16.4. The third-order valence-electron chi connectivity index (χ3n) is 3.00. The second kappa shape index (κ2) is 4.11. The molecule has 0 saturated carbocycles. The molecule has 0 radical (unpaired) electrons. The van der Waals surface area contributed by atoms with E-state index in [2.05, 4.69) is 0 Å². The van der Waals surface area contributed by atoms with Crippen LogP contribution in [0.4, 0.5) is 0 Å². The van der Waals surface area contributed by atoms with E-state index in [-0.39, 0.29) is 5.63 Å². The number of carbonyl (C=O) groups is 1. The summed E-state index contributed by atoms with van der Waals surface area (Å²) >= 11 is 0. The van der Waals surface area contributed by atoms with Crippen molar-refractivity contribution in [1.29, 1.82) is 0 Å². The van der Waals surface area contributed by atoms with Crippen molar-refractivity contribution in [3.05, 3.63) is 58.4 Å². The molecule has 2 aromatic carbocycles. The Morgan fingerprint density at radius 2 is 1.78 bits per heavy atom. The van der Waals surface area contributed by atoms with Crippen LogP contribution in [0.15, 0.2) is 51.7 Å². The molecule has 0 aliphatic carbocycles. The summed E-state index contributed by atoms with van der Waals surface area (Å²) < 4.78 is 5.29. The molecule has 0 aliphatic rings. The number of hydrogen-bond donors (Lipinski definition) is 0. The monoisotopic (exact) mass is 238 g/mol. The Hall–Kier alpha value is -2.42. The fourth-order valence-corrected chi connectivity index (χ4v) is 2.15. The maximum Gasteiger partial charge on any atom is 0.344 e. The van der Waals surface area contributed by atoms with Gasteiger partial charge in [0.25, 0.3) is 0 Å². The first-order valence-corrected chi connectivity index (χ1v) is 5.68. The van der Waals surface area contributed by atoms with Gasteiger partial charge in [-0.05, 0) is 23.1 Å². The molecule has 3 aromatic rings. The van der Waals surface area contributed by atoms with Gasteiger partial charge in [0.05, 0.1) is 5.39 Å². The summed E-state index contributed by atoms with van der Waals surface area (Å²) in [6.07, 6.45) is 1.16. The first-order valence-electron chi connectivity index (χ1n) is 5.68. The van der Waals surface area contributed by atoms with Crippen LogP contribution < -0.4 is 5.63 Å². The van der Waals surface area contributed by atoms with Crippen molar-refractivity contribution in [2.45, 2.75) is 6.42 Å². The molecule has 0 fully saturated rings. The van der Waals surface area contributed by atoms with E-state index in [0.717, 1.165) is 22.6 Å². The van der Waals surface area contributed by atoms with Gasteiger partial charge in [0.2, 0.25) is 0 Å². The number of aldehydes is 1. The maximum atomic E-state index is 11.8. The molecule has 0 spiro atoms. The van der Waals surface area contributed by atoms with Crippen LogP contribution in [0.1, 0.15) is 5.56 Å². The summed E-state index contributed by atoms with van der Waals surface area (Å²) in [6.45, 7) is 0. The second-order valence-electron chi connectivity index (χ2n) is 4.14. The minimum Gasteiger partial charge on any atom is -0.422 e. The van der Waals surface area contributed by atoms with Crippen LogP contribution in [-0.4, -0.2) is 6.29 Å². The highest BCUT2D eigenvalue weighted by Gasteiger charge is 2.06. The van der Waals surface area contributed by atoms with Gasteiger partial charge < -0.3 is 9.21 Å². The highest BCUT2D eigenvalue weighted by Crippen LogP contribution is 2.23. The Labute approximate surface area is 103 Å². The van der Waals surface area contributed by atoms with E-state index in [9.17, 15) is 9.59 Å². The third kappa shape index (κ3) is 1.61. The van der Waals surface area contributed by atoms with Gasteiger partial charge in [-0.2, -0.15) is 0 Å². The van der Waals surface area contributed by atoms with Crippen LogP contribution in [0.3, 0.4) is 0 Å². The van der Waals surface area contributed by atoms with Crippen molar-refractivity contribution in [1.82, 2.24) is 0 Å². The maximum absolute atomic E-state index is 11.8. The Balaban J connectivity index is 2.42. The van der Waals surface area contributed by atoms with Crippen LogP contribution in [-0.2, 0) is 11.2 Å². The Morgan fingerprint density at radius 1 is 1.00 bits per heavy atom. The predicted octanol–water partition coefficient (Wildman–Crippen LogP) is 2.69.